The first kappa shape index (κ1) is 15.1. The molecule has 0 N–H and O–H groups in total. The van der Waals surface area contributed by atoms with E-state index in [-0.39, 0.29) is 17.4 Å². The fraction of sp³-hybridized carbons (Fsp3) is 0.571. The van der Waals surface area contributed by atoms with E-state index in [1.54, 1.807) is 0 Å². The maximum Gasteiger partial charge on any atom is 0.150 e. The Morgan fingerprint density at radius 2 is 2.00 bits per heavy atom. The summed E-state index contributed by atoms with van der Waals surface area (Å²) < 4.78 is 23.5. The van der Waals surface area contributed by atoms with Crippen LogP contribution in [0, 0.1) is 12.8 Å². The highest BCUT2D eigenvalue weighted by atomic mass is 35.5. The van der Waals surface area contributed by atoms with Gasteiger partial charge < -0.3 is 0 Å². The lowest BCUT2D eigenvalue weighted by molar-refractivity contribution is 0.361. The third-order valence-corrected chi connectivity index (χ3v) is 6.81. The van der Waals surface area contributed by atoms with Crippen molar-refractivity contribution < 1.29 is 8.42 Å². The SMILES string of the molecule is Cc1cccc(C(CCl)(CCl)C2CCS(=O)(=O)C2)c1. The summed E-state index contributed by atoms with van der Waals surface area (Å²) in [5, 5.41) is 0. The Bertz CT molecular complexity index is 550. The second-order valence-electron chi connectivity index (χ2n) is 5.39. The van der Waals surface area contributed by atoms with Gasteiger partial charge in [-0.3, -0.25) is 0 Å². The summed E-state index contributed by atoms with van der Waals surface area (Å²) in [6.07, 6.45) is 0.649. The standard InChI is InChI=1S/C14H18Cl2O2S/c1-11-3-2-4-12(7-11)14(9-15,10-16)13-5-6-19(17,18)8-13/h2-4,7,13H,5-6,8-10H2,1H3. The molecular formula is C14H18Cl2O2S. The van der Waals surface area contributed by atoms with E-state index in [1.807, 2.05) is 25.1 Å². The summed E-state index contributed by atoms with van der Waals surface area (Å²) in [5.74, 6) is 1.15. The Labute approximate surface area is 125 Å². The van der Waals surface area contributed by atoms with E-state index in [0.29, 0.717) is 18.2 Å². The predicted molar refractivity (Wildman–Crippen MR) is 81.1 cm³/mol. The first-order chi connectivity index (χ1) is 8.93. The molecule has 1 aliphatic rings. The van der Waals surface area contributed by atoms with E-state index in [0.717, 1.165) is 11.1 Å². The van der Waals surface area contributed by atoms with Crippen LogP contribution >= 0.6 is 23.2 Å². The minimum Gasteiger partial charge on any atom is -0.229 e. The van der Waals surface area contributed by atoms with E-state index < -0.39 is 15.3 Å². The molecule has 1 aromatic carbocycles. The molecule has 0 spiro atoms. The monoisotopic (exact) mass is 320 g/mol. The fourth-order valence-corrected chi connectivity index (χ4v) is 5.77. The van der Waals surface area contributed by atoms with Crippen molar-refractivity contribution >= 4 is 33.0 Å². The van der Waals surface area contributed by atoms with E-state index in [2.05, 4.69) is 6.07 Å². The number of benzene rings is 1. The van der Waals surface area contributed by atoms with Crippen molar-refractivity contribution in [3.8, 4) is 0 Å². The molecular weight excluding hydrogens is 303 g/mol. The number of alkyl halides is 2. The minimum absolute atomic E-state index is 0.00861. The fourth-order valence-electron chi connectivity index (χ4n) is 2.83. The first-order valence-corrected chi connectivity index (χ1v) is 9.22. The van der Waals surface area contributed by atoms with Crippen molar-refractivity contribution in [2.75, 3.05) is 23.3 Å². The lowest BCUT2D eigenvalue weighted by Gasteiger charge is -2.36. The van der Waals surface area contributed by atoms with Gasteiger partial charge in [-0.1, -0.05) is 29.8 Å². The van der Waals surface area contributed by atoms with Gasteiger partial charge in [0.2, 0.25) is 0 Å². The molecule has 0 bridgehead atoms. The molecule has 1 heterocycles. The van der Waals surface area contributed by atoms with Crippen molar-refractivity contribution in [2.45, 2.75) is 18.8 Å². The van der Waals surface area contributed by atoms with Gasteiger partial charge in [0.05, 0.1) is 11.5 Å². The van der Waals surface area contributed by atoms with Gasteiger partial charge in [0.25, 0.3) is 0 Å². The Morgan fingerprint density at radius 1 is 1.32 bits per heavy atom. The second-order valence-corrected chi connectivity index (χ2v) is 8.16. The zero-order valence-corrected chi connectivity index (χ0v) is 13.2. The molecule has 1 atom stereocenters. The van der Waals surface area contributed by atoms with Gasteiger partial charge in [-0.2, -0.15) is 0 Å². The molecule has 0 amide bonds. The summed E-state index contributed by atoms with van der Waals surface area (Å²) >= 11 is 12.4. The van der Waals surface area contributed by atoms with Crippen LogP contribution in [0.25, 0.3) is 0 Å². The van der Waals surface area contributed by atoms with Gasteiger partial charge in [0, 0.05) is 17.2 Å². The van der Waals surface area contributed by atoms with E-state index in [9.17, 15) is 8.42 Å². The van der Waals surface area contributed by atoms with Gasteiger partial charge in [0.15, 0.2) is 9.84 Å². The molecule has 1 aromatic rings. The first-order valence-electron chi connectivity index (χ1n) is 6.33. The number of sulfone groups is 1. The molecule has 0 aromatic heterocycles. The second kappa shape index (κ2) is 5.63. The molecule has 1 aliphatic heterocycles. The van der Waals surface area contributed by atoms with Crippen LogP contribution in [0.15, 0.2) is 24.3 Å². The molecule has 106 valence electrons. The zero-order valence-electron chi connectivity index (χ0n) is 10.9. The quantitative estimate of drug-likeness (QED) is 0.799. The predicted octanol–water partition coefficient (Wildman–Crippen LogP) is 3.15. The molecule has 5 heteroatoms. The summed E-state index contributed by atoms with van der Waals surface area (Å²) in [4.78, 5) is 0. The van der Waals surface area contributed by atoms with Crippen molar-refractivity contribution in [2.24, 2.45) is 5.92 Å². The highest BCUT2D eigenvalue weighted by molar-refractivity contribution is 7.91. The molecule has 0 aliphatic carbocycles. The van der Waals surface area contributed by atoms with Crippen LogP contribution in [-0.2, 0) is 15.3 Å². The average Bonchev–Trinajstić information content (AvgIpc) is 2.73. The van der Waals surface area contributed by atoms with Gasteiger partial charge in [0.1, 0.15) is 0 Å². The van der Waals surface area contributed by atoms with E-state index in [1.165, 1.54) is 0 Å². The normalized spacial score (nSPS) is 22.6. The van der Waals surface area contributed by atoms with E-state index >= 15 is 0 Å². The maximum atomic E-state index is 11.7. The van der Waals surface area contributed by atoms with Crippen LogP contribution in [0.3, 0.4) is 0 Å². The molecule has 1 unspecified atom stereocenters. The number of aryl methyl sites for hydroxylation is 1. The van der Waals surface area contributed by atoms with Gasteiger partial charge in [-0.05, 0) is 24.8 Å². The lowest BCUT2D eigenvalue weighted by atomic mass is 9.72. The van der Waals surface area contributed by atoms with Crippen LogP contribution in [0.5, 0.6) is 0 Å². The summed E-state index contributed by atoms with van der Waals surface area (Å²) in [6.45, 7) is 2.02. The van der Waals surface area contributed by atoms with Crippen molar-refractivity contribution in [1.82, 2.24) is 0 Å². The van der Waals surface area contributed by atoms with Crippen molar-refractivity contribution in [3.63, 3.8) is 0 Å². The number of halogens is 2. The van der Waals surface area contributed by atoms with Crippen LogP contribution in [0.2, 0.25) is 0 Å². The Hall–Kier alpha value is -0.250. The smallest absolute Gasteiger partial charge is 0.150 e. The summed E-state index contributed by atoms with van der Waals surface area (Å²) in [7, 11) is -2.93. The number of rotatable bonds is 4. The largest absolute Gasteiger partial charge is 0.229 e. The Balaban J connectivity index is 2.43. The van der Waals surface area contributed by atoms with Crippen LogP contribution in [0.4, 0.5) is 0 Å². The summed E-state index contributed by atoms with van der Waals surface area (Å²) in [5.41, 5.74) is 1.75. The maximum absolute atomic E-state index is 11.7. The highest BCUT2D eigenvalue weighted by Gasteiger charge is 2.44. The molecule has 2 rings (SSSR count). The Morgan fingerprint density at radius 3 is 2.47 bits per heavy atom. The topological polar surface area (TPSA) is 34.1 Å². The minimum atomic E-state index is -2.93. The molecule has 2 nitrogen and oxygen atoms in total. The lowest BCUT2D eigenvalue weighted by Crippen LogP contribution is -2.40. The highest BCUT2D eigenvalue weighted by Crippen LogP contribution is 2.41. The molecule has 1 fully saturated rings. The molecule has 1 saturated heterocycles. The third-order valence-electron chi connectivity index (χ3n) is 4.08. The zero-order chi connectivity index (χ0) is 14.1. The van der Waals surface area contributed by atoms with Crippen molar-refractivity contribution in [1.29, 1.82) is 0 Å². The number of hydrogen-bond acceptors (Lipinski definition) is 2. The summed E-state index contributed by atoms with van der Waals surface area (Å²) in [6, 6.07) is 8.06. The van der Waals surface area contributed by atoms with Crippen molar-refractivity contribution in [3.05, 3.63) is 35.4 Å². The average molecular weight is 321 g/mol. The van der Waals surface area contributed by atoms with Gasteiger partial charge in [-0.25, -0.2) is 8.42 Å². The third kappa shape index (κ3) is 2.93. The van der Waals surface area contributed by atoms with Crippen LogP contribution in [-0.4, -0.2) is 31.7 Å². The molecule has 0 saturated carbocycles. The Kier molecular flexibility index (Phi) is 4.49. The van der Waals surface area contributed by atoms with Crippen LogP contribution < -0.4 is 0 Å². The number of hydrogen-bond donors (Lipinski definition) is 0. The van der Waals surface area contributed by atoms with E-state index in [4.69, 9.17) is 23.2 Å². The van der Waals surface area contributed by atoms with Crippen LogP contribution in [0.1, 0.15) is 17.5 Å². The van der Waals surface area contributed by atoms with Gasteiger partial charge >= 0.3 is 0 Å². The van der Waals surface area contributed by atoms with Gasteiger partial charge in [-0.15, -0.1) is 23.2 Å². The molecule has 0 radical (unpaired) electrons. The molecule has 19 heavy (non-hydrogen) atoms.